The quantitative estimate of drug-likeness (QED) is 0.476. The molecule has 0 saturated heterocycles. The molecule has 0 unspecified atom stereocenters. The fourth-order valence-corrected chi connectivity index (χ4v) is 3.22. The van der Waals surface area contributed by atoms with E-state index in [1.807, 2.05) is 30.3 Å². The molecule has 5 nitrogen and oxygen atoms in total. The Bertz CT molecular complexity index is 969. The molecule has 0 bridgehead atoms. The number of halogens is 2. The fraction of sp³-hybridized carbons (Fsp3) is 0.348. The topological polar surface area (TPSA) is 72.2 Å². The van der Waals surface area contributed by atoms with Gasteiger partial charge in [-0.15, -0.1) is 0 Å². The number of ketones is 1. The molecule has 1 amide bonds. The maximum absolute atomic E-state index is 14.4. The number of aryl methyl sites for hydroxylation is 1. The molecule has 0 spiro atoms. The SMILES string of the molecule is CCC[C@H](NC(=O)C(F)(F)CCCc1ccccc1)C(=O)c1nc2ccccc2o1. The normalized spacial score (nSPS) is 12.6. The van der Waals surface area contributed by atoms with Gasteiger partial charge in [0.05, 0.1) is 6.04 Å². The molecule has 30 heavy (non-hydrogen) atoms. The Morgan fingerprint density at radius 2 is 1.80 bits per heavy atom. The summed E-state index contributed by atoms with van der Waals surface area (Å²) in [5, 5.41) is 2.21. The molecule has 1 atom stereocenters. The number of amides is 1. The van der Waals surface area contributed by atoms with Gasteiger partial charge in [-0.3, -0.25) is 9.59 Å². The van der Waals surface area contributed by atoms with E-state index in [4.69, 9.17) is 4.42 Å². The summed E-state index contributed by atoms with van der Waals surface area (Å²) < 4.78 is 34.2. The fourth-order valence-electron chi connectivity index (χ4n) is 3.22. The predicted molar refractivity (Wildman–Crippen MR) is 110 cm³/mol. The first kappa shape index (κ1) is 21.6. The first-order valence-corrected chi connectivity index (χ1v) is 10.0. The molecule has 7 heteroatoms. The molecule has 0 saturated carbocycles. The van der Waals surface area contributed by atoms with Crippen LogP contribution in [0.2, 0.25) is 0 Å². The molecule has 1 heterocycles. The van der Waals surface area contributed by atoms with Crippen LogP contribution in [-0.4, -0.2) is 28.6 Å². The Labute approximate surface area is 173 Å². The second-order valence-corrected chi connectivity index (χ2v) is 7.21. The minimum absolute atomic E-state index is 0.155. The van der Waals surface area contributed by atoms with Gasteiger partial charge in [-0.2, -0.15) is 8.78 Å². The van der Waals surface area contributed by atoms with Crippen molar-refractivity contribution in [3.63, 3.8) is 0 Å². The largest absolute Gasteiger partial charge is 0.434 e. The molecule has 0 fully saturated rings. The van der Waals surface area contributed by atoms with Crippen molar-refractivity contribution in [2.45, 2.75) is 51.0 Å². The molecular formula is C23H24F2N2O3. The number of Topliss-reactive ketones (excluding diaryl/α,β-unsaturated/α-hetero) is 1. The van der Waals surface area contributed by atoms with Gasteiger partial charge in [0, 0.05) is 6.42 Å². The van der Waals surface area contributed by atoms with Crippen LogP contribution in [0.3, 0.4) is 0 Å². The molecule has 1 aromatic heterocycles. The number of fused-ring (bicyclic) bond motifs is 1. The van der Waals surface area contributed by atoms with E-state index in [-0.39, 0.29) is 18.7 Å². The first-order chi connectivity index (χ1) is 14.4. The van der Waals surface area contributed by atoms with E-state index in [1.54, 1.807) is 31.2 Å². The van der Waals surface area contributed by atoms with Crippen LogP contribution in [0.5, 0.6) is 0 Å². The highest BCUT2D eigenvalue weighted by Crippen LogP contribution is 2.23. The lowest BCUT2D eigenvalue weighted by Gasteiger charge is -2.20. The van der Waals surface area contributed by atoms with Gasteiger partial charge < -0.3 is 9.73 Å². The lowest BCUT2D eigenvalue weighted by molar-refractivity contribution is -0.147. The number of nitrogens with zero attached hydrogens (tertiary/aromatic N) is 1. The highest BCUT2D eigenvalue weighted by molar-refractivity contribution is 6.00. The van der Waals surface area contributed by atoms with E-state index < -0.39 is 30.1 Å². The molecule has 0 aliphatic heterocycles. The number of rotatable bonds is 10. The number of hydrogen-bond donors (Lipinski definition) is 1. The van der Waals surface area contributed by atoms with Gasteiger partial charge in [-0.25, -0.2) is 4.98 Å². The summed E-state index contributed by atoms with van der Waals surface area (Å²) in [5.74, 6) is -5.81. The van der Waals surface area contributed by atoms with Crippen LogP contribution >= 0.6 is 0 Å². The zero-order chi connectivity index (χ0) is 21.6. The number of hydrogen-bond acceptors (Lipinski definition) is 4. The van der Waals surface area contributed by atoms with Crippen LogP contribution in [0.15, 0.2) is 59.0 Å². The molecule has 0 aliphatic carbocycles. The van der Waals surface area contributed by atoms with Gasteiger partial charge >= 0.3 is 5.92 Å². The van der Waals surface area contributed by atoms with Gasteiger partial charge in [-0.05, 0) is 37.0 Å². The zero-order valence-electron chi connectivity index (χ0n) is 16.7. The highest BCUT2D eigenvalue weighted by atomic mass is 19.3. The first-order valence-electron chi connectivity index (χ1n) is 10.0. The average Bonchev–Trinajstić information content (AvgIpc) is 3.18. The van der Waals surface area contributed by atoms with Crippen molar-refractivity contribution < 1.29 is 22.8 Å². The highest BCUT2D eigenvalue weighted by Gasteiger charge is 2.40. The Morgan fingerprint density at radius 1 is 1.10 bits per heavy atom. The Morgan fingerprint density at radius 3 is 2.50 bits per heavy atom. The van der Waals surface area contributed by atoms with E-state index in [0.717, 1.165) is 5.56 Å². The monoisotopic (exact) mass is 414 g/mol. The van der Waals surface area contributed by atoms with E-state index in [0.29, 0.717) is 23.9 Å². The standard InChI is InChI=1S/C23H24F2N2O3/c1-2-9-18(20(28)21-26-17-13-6-7-14-19(17)30-21)27-22(29)23(24,25)15-8-12-16-10-4-3-5-11-16/h3-7,10-11,13-14,18H,2,8-9,12,15H2,1H3,(H,27,29)/t18-/m0/s1. The van der Waals surface area contributed by atoms with Crippen LogP contribution < -0.4 is 5.32 Å². The van der Waals surface area contributed by atoms with Crippen LogP contribution in [0, 0.1) is 0 Å². The van der Waals surface area contributed by atoms with Crippen molar-refractivity contribution in [2.75, 3.05) is 0 Å². The van der Waals surface area contributed by atoms with E-state index in [1.165, 1.54) is 0 Å². The lowest BCUT2D eigenvalue weighted by Crippen LogP contribution is -2.48. The summed E-state index contributed by atoms with van der Waals surface area (Å²) in [6.07, 6.45) is 0.745. The molecule has 0 aliphatic rings. The molecule has 1 N–H and O–H groups in total. The van der Waals surface area contributed by atoms with Gasteiger partial charge in [0.25, 0.3) is 11.8 Å². The van der Waals surface area contributed by atoms with Crippen molar-refractivity contribution in [2.24, 2.45) is 0 Å². The Kier molecular flexibility index (Phi) is 6.92. The van der Waals surface area contributed by atoms with Crippen LogP contribution in [-0.2, 0) is 11.2 Å². The third kappa shape index (κ3) is 5.28. The summed E-state index contributed by atoms with van der Waals surface area (Å²) in [7, 11) is 0. The number of carbonyl (C=O) groups excluding carboxylic acids is 2. The number of carbonyl (C=O) groups is 2. The van der Waals surface area contributed by atoms with Crippen LogP contribution in [0.4, 0.5) is 8.78 Å². The smallest absolute Gasteiger partial charge is 0.324 e. The molecular weight excluding hydrogens is 390 g/mol. The molecule has 0 radical (unpaired) electrons. The minimum atomic E-state index is -3.57. The predicted octanol–water partition coefficient (Wildman–Crippen LogP) is 4.95. The number of oxazole rings is 1. The number of nitrogens with one attached hydrogen (secondary N) is 1. The summed E-state index contributed by atoms with van der Waals surface area (Å²) in [6.45, 7) is 1.80. The Balaban J connectivity index is 1.63. The van der Waals surface area contributed by atoms with E-state index in [2.05, 4.69) is 10.3 Å². The maximum Gasteiger partial charge on any atom is 0.324 e. The van der Waals surface area contributed by atoms with Crippen molar-refractivity contribution in [3.8, 4) is 0 Å². The molecule has 3 rings (SSSR count). The summed E-state index contributed by atoms with van der Waals surface area (Å²) in [6, 6.07) is 15.0. The molecule has 2 aromatic carbocycles. The zero-order valence-corrected chi connectivity index (χ0v) is 16.7. The van der Waals surface area contributed by atoms with Gasteiger partial charge in [0.2, 0.25) is 5.78 Å². The Hall–Kier alpha value is -3.09. The van der Waals surface area contributed by atoms with Gasteiger partial charge in [-0.1, -0.05) is 55.8 Å². The second kappa shape index (κ2) is 9.61. The van der Waals surface area contributed by atoms with Crippen molar-refractivity contribution >= 4 is 22.8 Å². The van der Waals surface area contributed by atoms with E-state index >= 15 is 0 Å². The van der Waals surface area contributed by atoms with Crippen LogP contribution in [0.25, 0.3) is 11.1 Å². The minimum Gasteiger partial charge on any atom is -0.434 e. The second-order valence-electron chi connectivity index (χ2n) is 7.21. The number of para-hydroxylation sites is 2. The number of aromatic nitrogens is 1. The third-order valence-corrected chi connectivity index (χ3v) is 4.84. The number of benzene rings is 2. The molecule has 3 aromatic rings. The van der Waals surface area contributed by atoms with Crippen molar-refractivity contribution in [1.82, 2.24) is 10.3 Å². The van der Waals surface area contributed by atoms with Gasteiger partial charge in [0.1, 0.15) is 5.52 Å². The average molecular weight is 414 g/mol. The summed E-state index contributed by atoms with van der Waals surface area (Å²) in [5.41, 5.74) is 1.85. The summed E-state index contributed by atoms with van der Waals surface area (Å²) >= 11 is 0. The van der Waals surface area contributed by atoms with Crippen molar-refractivity contribution in [3.05, 3.63) is 66.1 Å². The molecule has 158 valence electrons. The lowest BCUT2D eigenvalue weighted by atomic mass is 10.0. The van der Waals surface area contributed by atoms with Crippen molar-refractivity contribution in [1.29, 1.82) is 0 Å². The van der Waals surface area contributed by atoms with E-state index in [9.17, 15) is 18.4 Å². The van der Waals surface area contributed by atoms with Crippen LogP contribution in [0.1, 0.15) is 48.9 Å². The maximum atomic E-state index is 14.4. The summed E-state index contributed by atoms with van der Waals surface area (Å²) in [4.78, 5) is 29.1. The number of alkyl halides is 2. The third-order valence-electron chi connectivity index (χ3n) is 4.84. The van der Waals surface area contributed by atoms with Gasteiger partial charge in [0.15, 0.2) is 5.58 Å².